The first kappa shape index (κ1) is 20.1. The van der Waals surface area contributed by atoms with E-state index in [1.807, 2.05) is 38.1 Å². The Bertz CT molecular complexity index is 1000. The summed E-state index contributed by atoms with van der Waals surface area (Å²) in [6.07, 6.45) is 3.54. The molecule has 28 heavy (non-hydrogen) atoms. The summed E-state index contributed by atoms with van der Waals surface area (Å²) >= 11 is 6.60. The molecule has 0 unspecified atom stereocenters. The van der Waals surface area contributed by atoms with Crippen molar-refractivity contribution in [3.8, 4) is 5.69 Å². The van der Waals surface area contributed by atoms with Crippen molar-refractivity contribution in [1.82, 2.24) is 9.47 Å². The van der Waals surface area contributed by atoms with Gasteiger partial charge in [-0.25, -0.2) is 4.79 Å². The Morgan fingerprint density at radius 3 is 2.57 bits per heavy atom. The fourth-order valence-corrected chi connectivity index (χ4v) is 4.39. The van der Waals surface area contributed by atoms with E-state index in [1.54, 1.807) is 23.1 Å². The SMILES string of the molecule is C=CCN1C(=O)/C(=C/c2cc(C)n(-c3ccc(C(=O)OC)cc3)c2C)SC1=S. The van der Waals surface area contributed by atoms with Gasteiger partial charge in [-0.15, -0.1) is 6.58 Å². The van der Waals surface area contributed by atoms with Gasteiger partial charge in [0.25, 0.3) is 5.91 Å². The van der Waals surface area contributed by atoms with Gasteiger partial charge < -0.3 is 9.30 Å². The highest BCUT2D eigenvalue weighted by Crippen LogP contribution is 2.34. The van der Waals surface area contributed by atoms with Gasteiger partial charge in [0.2, 0.25) is 0 Å². The molecule has 144 valence electrons. The molecule has 2 heterocycles. The standard InChI is InChI=1S/C21H20N2O3S2/c1-5-10-22-19(24)18(28-21(22)27)12-16-11-13(2)23(14(16)3)17-8-6-15(7-9-17)20(25)26-4/h5-9,11-12H,1,10H2,2-4H3/b18-12-. The Hall–Kier alpha value is -2.64. The molecule has 0 spiro atoms. The predicted molar refractivity (Wildman–Crippen MR) is 117 cm³/mol. The van der Waals surface area contributed by atoms with Gasteiger partial charge in [0, 0.05) is 23.6 Å². The predicted octanol–water partition coefficient (Wildman–Crippen LogP) is 4.27. The number of amides is 1. The molecule has 1 fully saturated rings. The molecular weight excluding hydrogens is 392 g/mol. The van der Waals surface area contributed by atoms with Crippen LogP contribution in [-0.2, 0) is 9.53 Å². The molecule has 0 atom stereocenters. The smallest absolute Gasteiger partial charge is 0.337 e. The quantitative estimate of drug-likeness (QED) is 0.318. The van der Waals surface area contributed by atoms with Gasteiger partial charge in [-0.3, -0.25) is 9.69 Å². The van der Waals surface area contributed by atoms with E-state index in [0.29, 0.717) is 21.3 Å². The molecule has 1 amide bonds. The summed E-state index contributed by atoms with van der Waals surface area (Å²) in [6.45, 7) is 8.08. The second kappa shape index (κ2) is 8.16. The normalized spacial score (nSPS) is 15.4. The van der Waals surface area contributed by atoms with E-state index in [2.05, 4.69) is 11.1 Å². The minimum absolute atomic E-state index is 0.0952. The molecule has 0 saturated carbocycles. The average Bonchev–Trinajstić information content (AvgIpc) is 3.11. The third kappa shape index (κ3) is 3.68. The van der Waals surface area contributed by atoms with Crippen molar-refractivity contribution >= 4 is 46.3 Å². The molecule has 1 aliphatic rings. The van der Waals surface area contributed by atoms with E-state index in [0.717, 1.165) is 22.6 Å². The number of thioether (sulfide) groups is 1. The Balaban J connectivity index is 1.95. The van der Waals surface area contributed by atoms with Crippen LogP contribution in [0, 0.1) is 13.8 Å². The Morgan fingerprint density at radius 2 is 1.96 bits per heavy atom. The number of carbonyl (C=O) groups excluding carboxylic acids is 2. The number of esters is 1. The van der Waals surface area contributed by atoms with Gasteiger partial charge in [0.05, 0.1) is 17.6 Å². The monoisotopic (exact) mass is 412 g/mol. The van der Waals surface area contributed by atoms with Crippen LogP contribution in [-0.4, -0.2) is 39.3 Å². The summed E-state index contributed by atoms with van der Waals surface area (Å²) in [7, 11) is 1.36. The van der Waals surface area contributed by atoms with Crippen LogP contribution in [0.3, 0.4) is 0 Å². The lowest BCUT2D eigenvalue weighted by Crippen LogP contribution is -2.27. The number of benzene rings is 1. The van der Waals surface area contributed by atoms with Crippen molar-refractivity contribution in [2.24, 2.45) is 0 Å². The highest BCUT2D eigenvalue weighted by Gasteiger charge is 2.31. The van der Waals surface area contributed by atoms with Gasteiger partial charge in [0.1, 0.15) is 4.32 Å². The van der Waals surface area contributed by atoms with Gasteiger partial charge >= 0.3 is 5.97 Å². The van der Waals surface area contributed by atoms with E-state index in [4.69, 9.17) is 17.0 Å². The van der Waals surface area contributed by atoms with Crippen LogP contribution < -0.4 is 0 Å². The summed E-state index contributed by atoms with van der Waals surface area (Å²) in [4.78, 5) is 26.3. The van der Waals surface area contributed by atoms with Crippen molar-refractivity contribution in [2.45, 2.75) is 13.8 Å². The van der Waals surface area contributed by atoms with Crippen LogP contribution in [0.25, 0.3) is 11.8 Å². The van der Waals surface area contributed by atoms with Crippen molar-refractivity contribution in [2.75, 3.05) is 13.7 Å². The first-order valence-electron chi connectivity index (χ1n) is 8.61. The molecule has 0 aliphatic carbocycles. The van der Waals surface area contributed by atoms with Crippen LogP contribution in [0.5, 0.6) is 0 Å². The van der Waals surface area contributed by atoms with E-state index < -0.39 is 0 Å². The highest BCUT2D eigenvalue weighted by molar-refractivity contribution is 8.26. The molecule has 1 aromatic heterocycles. The number of aryl methyl sites for hydroxylation is 1. The lowest BCUT2D eigenvalue weighted by atomic mass is 10.2. The third-order valence-corrected chi connectivity index (χ3v) is 5.87. The van der Waals surface area contributed by atoms with E-state index >= 15 is 0 Å². The van der Waals surface area contributed by atoms with Crippen molar-refractivity contribution < 1.29 is 14.3 Å². The maximum atomic E-state index is 12.6. The van der Waals surface area contributed by atoms with E-state index in [9.17, 15) is 9.59 Å². The minimum Gasteiger partial charge on any atom is -0.465 e. The second-order valence-corrected chi connectivity index (χ2v) is 7.96. The maximum Gasteiger partial charge on any atom is 0.337 e. The molecule has 1 saturated heterocycles. The number of thiocarbonyl (C=S) groups is 1. The Labute approximate surface area is 173 Å². The van der Waals surface area contributed by atoms with Gasteiger partial charge in [-0.05, 0) is 55.8 Å². The fourth-order valence-electron chi connectivity index (χ4n) is 3.12. The Morgan fingerprint density at radius 1 is 1.29 bits per heavy atom. The molecule has 1 aliphatic heterocycles. The molecule has 3 rings (SSSR count). The molecule has 0 bridgehead atoms. The number of nitrogens with zero attached hydrogens (tertiary/aromatic N) is 2. The Kier molecular flexibility index (Phi) is 5.86. The lowest BCUT2D eigenvalue weighted by molar-refractivity contribution is -0.121. The molecular formula is C21H20N2O3S2. The topological polar surface area (TPSA) is 51.5 Å². The van der Waals surface area contributed by atoms with Crippen LogP contribution in [0.2, 0.25) is 0 Å². The minimum atomic E-state index is -0.366. The molecule has 5 nitrogen and oxygen atoms in total. The van der Waals surface area contributed by atoms with E-state index in [-0.39, 0.29) is 11.9 Å². The van der Waals surface area contributed by atoms with Crippen molar-refractivity contribution in [3.05, 3.63) is 70.4 Å². The average molecular weight is 413 g/mol. The first-order chi connectivity index (χ1) is 13.4. The van der Waals surface area contributed by atoms with Crippen LogP contribution in [0.4, 0.5) is 0 Å². The van der Waals surface area contributed by atoms with Gasteiger partial charge in [0.15, 0.2) is 0 Å². The number of rotatable bonds is 5. The molecule has 0 N–H and O–H groups in total. The lowest BCUT2D eigenvalue weighted by Gasteiger charge is -2.11. The summed E-state index contributed by atoms with van der Waals surface area (Å²) in [5.74, 6) is -0.461. The van der Waals surface area contributed by atoms with Crippen LogP contribution in [0.15, 0.2) is 47.9 Å². The highest BCUT2D eigenvalue weighted by atomic mass is 32.2. The van der Waals surface area contributed by atoms with E-state index in [1.165, 1.54) is 18.9 Å². The number of methoxy groups -OCH3 is 1. The number of aromatic nitrogens is 1. The summed E-state index contributed by atoms with van der Waals surface area (Å²) in [5, 5.41) is 0. The number of hydrogen-bond acceptors (Lipinski definition) is 5. The summed E-state index contributed by atoms with van der Waals surface area (Å²) in [6, 6.07) is 9.25. The molecule has 0 radical (unpaired) electrons. The summed E-state index contributed by atoms with van der Waals surface area (Å²) < 4.78 is 7.37. The molecule has 2 aromatic rings. The zero-order valence-electron chi connectivity index (χ0n) is 15.9. The van der Waals surface area contributed by atoms with Gasteiger partial charge in [-0.1, -0.05) is 30.1 Å². The second-order valence-electron chi connectivity index (χ2n) is 6.28. The molecule has 7 heteroatoms. The first-order valence-corrected chi connectivity index (χ1v) is 9.83. The number of carbonyl (C=O) groups is 2. The maximum absolute atomic E-state index is 12.6. The zero-order valence-corrected chi connectivity index (χ0v) is 17.5. The zero-order chi connectivity index (χ0) is 20.4. The largest absolute Gasteiger partial charge is 0.465 e. The van der Waals surface area contributed by atoms with Crippen LogP contribution in [0.1, 0.15) is 27.3 Å². The van der Waals surface area contributed by atoms with Gasteiger partial charge in [-0.2, -0.15) is 0 Å². The number of ether oxygens (including phenoxy) is 1. The van der Waals surface area contributed by atoms with Crippen molar-refractivity contribution in [1.29, 1.82) is 0 Å². The summed E-state index contributed by atoms with van der Waals surface area (Å²) in [5.41, 5.74) is 4.41. The molecule has 1 aromatic carbocycles. The number of hydrogen-bond donors (Lipinski definition) is 0. The third-order valence-electron chi connectivity index (χ3n) is 4.49. The van der Waals surface area contributed by atoms with Crippen LogP contribution >= 0.6 is 24.0 Å². The fraction of sp³-hybridized carbons (Fsp3) is 0.190. The van der Waals surface area contributed by atoms with Crippen molar-refractivity contribution in [3.63, 3.8) is 0 Å².